The van der Waals surface area contributed by atoms with Gasteiger partial charge in [0.25, 0.3) is 0 Å². The molecule has 1 saturated carbocycles. The molecule has 2 fully saturated rings. The van der Waals surface area contributed by atoms with Crippen LogP contribution in [0.15, 0.2) is 18.2 Å². The highest BCUT2D eigenvalue weighted by Gasteiger charge is 2.32. The molecule has 1 aromatic carbocycles. The minimum absolute atomic E-state index is 0.00980. The zero-order valence-corrected chi connectivity index (χ0v) is 13.8. The van der Waals surface area contributed by atoms with Gasteiger partial charge in [-0.25, -0.2) is 0 Å². The number of nitrogens with one attached hydrogen (secondary N) is 1. The van der Waals surface area contributed by atoms with Gasteiger partial charge in [0.05, 0.1) is 13.2 Å². The third kappa shape index (κ3) is 3.85. The summed E-state index contributed by atoms with van der Waals surface area (Å²) in [7, 11) is 0. The molecule has 1 aliphatic carbocycles. The molecular weight excluding hydrogens is 292 g/mol. The number of ether oxygens (including phenoxy) is 1. The molecule has 0 spiro atoms. The van der Waals surface area contributed by atoms with Crippen molar-refractivity contribution >= 4 is 11.6 Å². The third-order valence-electron chi connectivity index (χ3n) is 4.99. The number of aromatic hydroxyl groups is 1. The van der Waals surface area contributed by atoms with Crippen LogP contribution in [0.3, 0.4) is 0 Å². The second kappa shape index (κ2) is 7.32. The number of morpholine rings is 1. The molecule has 5 nitrogen and oxygen atoms in total. The van der Waals surface area contributed by atoms with Crippen LogP contribution in [0.1, 0.15) is 31.7 Å². The minimum atomic E-state index is -0.220. The summed E-state index contributed by atoms with van der Waals surface area (Å²) in [6.07, 6.45) is 4.64. The van der Waals surface area contributed by atoms with E-state index in [9.17, 15) is 9.90 Å². The first kappa shape index (κ1) is 16.3. The van der Waals surface area contributed by atoms with Gasteiger partial charge in [0.1, 0.15) is 11.8 Å². The van der Waals surface area contributed by atoms with Gasteiger partial charge in [-0.05, 0) is 48.9 Å². The lowest BCUT2D eigenvalue weighted by atomic mass is 9.84. The van der Waals surface area contributed by atoms with Gasteiger partial charge in [-0.2, -0.15) is 0 Å². The normalized spacial score (nSPS) is 22.6. The van der Waals surface area contributed by atoms with Gasteiger partial charge < -0.3 is 15.2 Å². The molecule has 0 bridgehead atoms. The summed E-state index contributed by atoms with van der Waals surface area (Å²) < 4.78 is 5.54. The van der Waals surface area contributed by atoms with E-state index in [1.807, 2.05) is 6.92 Å². The van der Waals surface area contributed by atoms with Gasteiger partial charge in [0.15, 0.2) is 0 Å². The van der Waals surface area contributed by atoms with E-state index < -0.39 is 0 Å². The highest BCUT2D eigenvalue weighted by molar-refractivity contribution is 5.95. The van der Waals surface area contributed by atoms with Crippen molar-refractivity contribution in [2.45, 2.75) is 38.6 Å². The molecule has 0 aromatic heterocycles. The predicted octanol–water partition coefficient (Wildman–Crippen LogP) is 2.39. The summed E-state index contributed by atoms with van der Waals surface area (Å²) in [6.45, 7) is 4.99. The third-order valence-corrected chi connectivity index (χ3v) is 4.99. The first-order valence-electron chi connectivity index (χ1n) is 8.62. The Kier molecular flexibility index (Phi) is 5.18. The molecule has 1 heterocycles. The van der Waals surface area contributed by atoms with E-state index in [2.05, 4.69) is 10.2 Å². The molecule has 1 aliphatic heterocycles. The molecule has 2 aliphatic rings. The van der Waals surface area contributed by atoms with E-state index in [1.165, 1.54) is 19.3 Å². The average Bonchev–Trinajstić information content (AvgIpc) is 2.53. The Labute approximate surface area is 137 Å². The Hall–Kier alpha value is -1.59. The maximum atomic E-state index is 12.7. The Morgan fingerprint density at radius 2 is 2.26 bits per heavy atom. The molecule has 23 heavy (non-hydrogen) atoms. The second-order valence-electron chi connectivity index (χ2n) is 6.57. The van der Waals surface area contributed by atoms with Crippen LogP contribution in [-0.2, 0) is 16.0 Å². The molecule has 3 rings (SSSR count). The van der Waals surface area contributed by atoms with Crippen molar-refractivity contribution in [1.82, 2.24) is 4.90 Å². The van der Waals surface area contributed by atoms with Crippen molar-refractivity contribution in [2.24, 2.45) is 5.92 Å². The molecule has 1 aromatic rings. The Balaban J connectivity index is 1.67. The molecule has 126 valence electrons. The first-order chi connectivity index (χ1) is 11.2. The lowest BCUT2D eigenvalue weighted by molar-refractivity contribution is -0.128. The van der Waals surface area contributed by atoms with Crippen LogP contribution in [0.5, 0.6) is 5.75 Å². The van der Waals surface area contributed by atoms with Gasteiger partial charge in [-0.1, -0.05) is 13.3 Å². The molecule has 0 unspecified atom stereocenters. The van der Waals surface area contributed by atoms with Crippen molar-refractivity contribution in [3.05, 3.63) is 23.8 Å². The number of amides is 1. The van der Waals surface area contributed by atoms with E-state index in [0.717, 1.165) is 36.7 Å². The van der Waals surface area contributed by atoms with Gasteiger partial charge in [-0.15, -0.1) is 0 Å². The van der Waals surface area contributed by atoms with Crippen LogP contribution in [0.2, 0.25) is 0 Å². The summed E-state index contributed by atoms with van der Waals surface area (Å²) in [5.74, 6) is 0.958. The van der Waals surface area contributed by atoms with E-state index in [0.29, 0.717) is 13.2 Å². The summed E-state index contributed by atoms with van der Waals surface area (Å²) in [6, 6.07) is 4.87. The van der Waals surface area contributed by atoms with E-state index in [1.54, 1.807) is 18.2 Å². The second-order valence-corrected chi connectivity index (χ2v) is 6.57. The van der Waals surface area contributed by atoms with Crippen molar-refractivity contribution in [3.63, 3.8) is 0 Å². The highest BCUT2D eigenvalue weighted by atomic mass is 16.5. The summed E-state index contributed by atoms with van der Waals surface area (Å²) in [5, 5.41) is 12.6. The summed E-state index contributed by atoms with van der Waals surface area (Å²) >= 11 is 0. The highest BCUT2D eigenvalue weighted by Crippen LogP contribution is 2.28. The van der Waals surface area contributed by atoms with Crippen LogP contribution in [0.4, 0.5) is 5.69 Å². The standard InChI is InChI=1S/C18H26N2O3/c1-2-14-10-15(21)6-7-16(14)19-18(22)17-12-23-9-8-20(17)11-13-4-3-5-13/h6-7,10,13,17,21H,2-5,8-9,11-12H2,1H3,(H,19,22)/t17-/m0/s1. The molecule has 2 N–H and O–H groups in total. The molecular formula is C18H26N2O3. The summed E-state index contributed by atoms with van der Waals surface area (Å²) in [4.78, 5) is 15.0. The number of carbonyl (C=O) groups is 1. The first-order valence-corrected chi connectivity index (χ1v) is 8.62. The number of nitrogens with zero attached hydrogens (tertiary/aromatic N) is 1. The predicted molar refractivity (Wildman–Crippen MR) is 89.6 cm³/mol. The lowest BCUT2D eigenvalue weighted by Crippen LogP contribution is -2.53. The van der Waals surface area contributed by atoms with Crippen molar-refractivity contribution in [1.29, 1.82) is 0 Å². The average molecular weight is 318 g/mol. The topological polar surface area (TPSA) is 61.8 Å². The smallest absolute Gasteiger partial charge is 0.244 e. The van der Waals surface area contributed by atoms with Gasteiger partial charge in [0, 0.05) is 18.8 Å². The number of benzene rings is 1. The van der Waals surface area contributed by atoms with Gasteiger partial charge in [-0.3, -0.25) is 9.69 Å². The van der Waals surface area contributed by atoms with Gasteiger partial charge in [0.2, 0.25) is 5.91 Å². The van der Waals surface area contributed by atoms with E-state index >= 15 is 0 Å². The van der Waals surface area contributed by atoms with Crippen LogP contribution >= 0.6 is 0 Å². The van der Waals surface area contributed by atoms with Gasteiger partial charge >= 0.3 is 0 Å². The Morgan fingerprint density at radius 3 is 2.96 bits per heavy atom. The Bertz CT molecular complexity index is 557. The molecule has 0 radical (unpaired) electrons. The fourth-order valence-electron chi connectivity index (χ4n) is 3.32. The maximum Gasteiger partial charge on any atom is 0.244 e. The van der Waals surface area contributed by atoms with Crippen LogP contribution in [-0.4, -0.2) is 48.3 Å². The maximum absolute atomic E-state index is 12.7. The van der Waals surface area contributed by atoms with E-state index in [4.69, 9.17) is 4.74 Å². The SMILES string of the molecule is CCc1cc(O)ccc1NC(=O)[C@@H]1COCCN1CC1CCC1. The van der Waals surface area contributed by atoms with Crippen LogP contribution in [0.25, 0.3) is 0 Å². The van der Waals surface area contributed by atoms with Crippen LogP contribution < -0.4 is 5.32 Å². The van der Waals surface area contributed by atoms with Crippen molar-refractivity contribution < 1.29 is 14.6 Å². The molecule has 1 atom stereocenters. The van der Waals surface area contributed by atoms with Crippen LogP contribution in [0, 0.1) is 5.92 Å². The molecule has 1 amide bonds. The molecule has 5 heteroatoms. The summed E-state index contributed by atoms with van der Waals surface area (Å²) in [5.41, 5.74) is 1.73. The zero-order chi connectivity index (χ0) is 16.2. The number of rotatable bonds is 5. The number of anilines is 1. The fourth-order valence-corrected chi connectivity index (χ4v) is 3.32. The monoisotopic (exact) mass is 318 g/mol. The molecule has 1 saturated heterocycles. The van der Waals surface area contributed by atoms with Crippen molar-refractivity contribution in [2.75, 3.05) is 31.6 Å². The van der Waals surface area contributed by atoms with Crippen molar-refractivity contribution in [3.8, 4) is 5.75 Å². The number of phenolic OH excluding ortho intramolecular Hbond substituents is 1. The largest absolute Gasteiger partial charge is 0.508 e. The number of aryl methyl sites for hydroxylation is 1. The number of phenols is 1. The number of carbonyl (C=O) groups excluding carboxylic acids is 1. The Morgan fingerprint density at radius 1 is 1.43 bits per heavy atom. The fraction of sp³-hybridized carbons (Fsp3) is 0.611. The number of hydrogen-bond acceptors (Lipinski definition) is 4. The minimum Gasteiger partial charge on any atom is -0.508 e. The zero-order valence-electron chi connectivity index (χ0n) is 13.8. The van der Waals surface area contributed by atoms with E-state index in [-0.39, 0.29) is 17.7 Å². The quantitative estimate of drug-likeness (QED) is 0.818. The lowest BCUT2D eigenvalue weighted by Gasteiger charge is -2.39. The number of hydrogen-bond donors (Lipinski definition) is 2.